The van der Waals surface area contributed by atoms with Gasteiger partial charge in [0.15, 0.2) is 0 Å². The second-order valence-electron chi connectivity index (χ2n) is 6.91. The van der Waals surface area contributed by atoms with Crippen molar-refractivity contribution >= 4 is 44.8 Å². The quantitative estimate of drug-likeness (QED) is 0.705. The van der Waals surface area contributed by atoms with Gasteiger partial charge in [-0.2, -0.15) is 9.40 Å². The third-order valence-corrected chi connectivity index (χ3v) is 7.31. The first kappa shape index (κ1) is 22.7. The highest BCUT2D eigenvalue weighted by atomic mass is 35.5. The zero-order valence-electron chi connectivity index (χ0n) is 16.2. The summed E-state index contributed by atoms with van der Waals surface area (Å²) in [6.07, 6.45) is 1.92. The number of likely N-dealkylation sites (N-methyl/N-ethyl adjacent to an activating group) is 1. The van der Waals surface area contributed by atoms with Crippen LogP contribution in [0.4, 0.5) is 5.69 Å². The maximum absolute atomic E-state index is 13.0. The number of nitrogens with one attached hydrogen (secondary N) is 1. The van der Waals surface area contributed by atoms with E-state index in [0.29, 0.717) is 25.3 Å². The first-order chi connectivity index (χ1) is 14.2. The predicted octanol–water partition coefficient (Wildman–Crippen LogP) is 1.51. The molecule has 0 bridgehead atoms. The molecule has 30 heavy (non-hydrogen) atoms. The molecule has 2 heterocycles. The van der Waals surface area contributed by atoms with Gasteiger partial charge in [0.1, 0.15) is 11.6 Å². The highest BCUT2D eigenvalue weighted by Gasteiger charge is 2.26. The lowest BCUT2D eigenvalue weighted by Gasteiger charge is -2.20. The van der Waals surface area contributed by atoms with Crippen molar-refractivity contribution in [1.29, 1.82) is 0 Å². The molecule has 1 fully saturated rings. The van der Waals surface area contributed by atoms with Crippen molar-refractivity contribution in [2.75, 3.05) is 38.5 Å². The summed E-state index contributed by atoms with van der Waals surface area (Å²) in [7, 11) is -1.73. The van der Waals surface area contributed by atoms with Gasteiger partial charge in [-0.3, -0.25) is 9.59 Å². The van der Waals surface area contributed by atoms with E-state index in [1.54, 1.807) is 12.1 Å². The van der Waals surface area contributed by atoms with Crippen LogP contribution >= 0.6 is 23.2 Å². The first-order valence-electron chi connectivity index (χ1n) is 9.18. The number of benzene rings is 1. The van der Waals surface area contributed by atoms with Gasteiger partial charge in [-0.25, -0.2) is 13.1 Å². The highest BCUT2D eigenvalue weighted by molar-refractivity contribution is 7.89. The monoisotopic (exact) mass is 473 g/mol. The van der Waals surface area contributed by atoms with E-state index in [4.69, 9.17) is 23.2 Å². The van der Waals surface area contributed by atoms with Crippen LogP contribution in [-0.4, -0.2) is 66.5 Å². The van der Waals surface area contributed by atoms with Crippen LogP contribution in [0.2, 0.25) is 10.0 Å². The second-order valence-corrected chi connectivity index (χ2v) is 9.63. The molecular formula is C18H21Cl2N5O4S. The highest BCUT2D eigenvalue weighted by Crippen LogP contribution is 2.21. The van der Waals surface area contributed by atoms with Crippen LogP contribution in [0.1, 0.15) is 6.42 Å². The van der Waals surface area contributed by atoms with E-state index in [2.05, 4.69) is 15.3 Å². The minimum absolute atomic E-state index is 0.00376. The number of carbonyl (C=O) groups excluding carboxylic acids is 1. The molecule has 1 saturated heterocycles. The molecule has 3 rings (SSSR count). The van der Waals surface area contributed by atoms with Crippen molar-refractivity contribution in [3.63, 3.8) is 0 Å². The molecule has 1 aliphatic heterocycles. The molecule has 0 saturated carbocycles. The summed E-state index contributed by atoms with van der Waals surface area (Å²) < 4.78 is 28.3. The van der Waals surface area contributed by atoms with Crippen LogP contribution in [0.25, 0.3) is 0 Å². The molecule has 0 radical (unpaired) electrons. The minimum Gasteiger partial charge on any atom is -0.324 e. The van der Waals surface area contributed by atoms with E-state index in [1.807, 2.05) is 7.05 Å². The number of rotatable bonds is 5. The third-order valence-electron chi connectivity index (χ3n) is 4.67. The standard InChI is InChI=1S/C18H21Cl2N5O4S/c1-23-6-3-7-24(9-8-23)30(28,29)14-5-2-4-13(10-14)22-16(26)12-25-18(27)17(20)15(19)11-21-25/h2,4-5,10-11H,3,6-9,12H2,1H3,(H,22,26). The Morgan fingerprint density at radius 1 is 1.20 bits per heavy atom. The molecule has 1 N–H and O–H groups in total. The maximum atomic E-state index is 13.0. The molecule has 162 valence electrons. The average Bonchev–Trinajstić information content (AvgIpc) is 2.93. The fraction of sp³-hybridized carbons (Fsp3) is 0.389. The minimum atomic E-state index is -3.69. The van der Waals surface area contributed by atoms with Crippen molar-refractivity contribution in [3.05, 3.63) is 50.9 Å². The lowest BCUT2D eigenvalue weighted by Crippen LogP contribution is -2.34. The Balaban J connectivity index is 1.74. The molecule has 2 aromatic rings. The average molecular weight is 474 g/mol. The largest absolute Gasteiger partial charge is 0.324 e. The van der Waals surface area contributed by atoms with Gasteiger partial charge in [-0.05, 0) is 38.2 Å². The zero-order valence-corrected chi connectivity index (χ0v) is 18.5. The third kappa shape index (κ3) is 5.19. The van der Waals surface area contributed by atoms with E-state index in [-0.39, 0.29) is 14.9 Å². The summed E-state index contributed by atoms with van der Waals surface area (Å²) in [5.74, 6) is -0.561. The number of anilines is 1. The van der Waals surface area contributed by atoms with E-state index < -0.39 is 28.0 Å². The molecule has 1 aromatic carbocycles. The summed E-state index contributed by atoms with van der Waals surface area (Å²) in [4.78, 5) is 26.5. The smallest absolute Gasteiger partial charge is 0.287 e. The zero-order chi connectivity index (χ0) is 21.9. The van der Waals surface area contributed by atoms with Crippen molar-refractivity contribution in [2.24, 2.45) is 0 Å². The van der Waals surface area contributed by atoms with Crippen LogP contribution in [0.15, 0.2) is 40.2 Å². The van der Waals surface area contributed by atoms with Crippen molar-refractivity contribution in [1.82, 2.24) is 19.0 Å². The molecule has 0 spiro atoms. The number of sulfonamides is 1. The normalized spacial score (nSPS) is 16.2. The van der Waals surface area contributed by atoms with Gasteiger partial charge < -0.3 is 10.2 Å². The summed E-state index contributed by atoms with van der Waals surface area (Å²) in [5, 5.41) is 6.12. The molecule has 12 heteroatoms. The van der Waals surface area contributed by atoms with Crippen LogP contribution < -0.4 is 10.9 Å². The van der Waals surface area contributed by atoms with Crippen molar-refractivity contribution in [2.45, 2.75) is 17.9 Å². The lowest BCUT2D eigenvalue weighted by atomic mass is 10.3. The van der Waals surface area contributed by atoms with Gasteiger partial charge in [0.25, 0.3) is 5.56 Å². The molecule has 0 atom stereocenters. The van der Waals surface area contributed by atoms with Crippen LogP contribution in [-0.2, 0) is 21.4 Å². The van der Waals surface area contributed by atoms with Crippen LogP contribution in [0.5, 0.6) is 0 Å². The fourth-order valence-electron chi connectivity index (χ4n) is 3.04. The lowest BCUT2D eigenvalue weighted by molar-refractivity contribution is -0.117. The molecule has 9 nitrogen and oxygen atoms in total. The Hall–Kier alpha value is -1.98. The topological polar surface area (TPSA) is 105 Å². The predicted molar refractivity (Wildman–Crippen MR) is 114 cm³/mol. The Morgan fingerprint density at radius 3 is 2.73 bits per heavy atom. The Labute approximate surface area is 184 Å². The number of amides is 1. The summed E-state index contributed by atoms with van der Waals surface area (Å²) in [6.45, 7) is 1.94. The van der Waals surface area contributed by atoms with Gasteiger partial charge in [0.2, 0.25) is 15.9 Å². The number of hydrogen-bond acceptors (Lipinski definition) is 6. The first-order valence-corrected chi connectivity index (χ1v) is 11.4. The van der Waals surface area contributed by atoms with Gasteiger partial charge in [0, 0.05) is 25.3 Å². The van der Waals surface area contributed by atoms with E-state index in [9.17, 15) is 18.0 Å². The Kier molecular flexibility index (Phi) is 7.14. The Morgan fingerprint density at radius 2 is 1.97 bits per heavy atom. The van der Waals surface area contributed by atoms with Gasteiger partial charge >= 0.3 is 0 Å². The molecule has 1 aromatic heterocycles. The Bertz CT molecular complexity index is 1110. The van der Waals surface area contributed by atoms with Gasteiger partial charge in [0.05, 0.1) is 16.1 Å². The number of nitrogens with zero attached hydrogens (tertiary/aromatic N) is 4. The second kappa shape index (κ2) is 9.44. The molecule has 0 aliphatic carbocycles. The van der Waals surface area contributed by atoms with Gasteiger partial charge in [-0.15, -0.1) is 0 Å². The summed E-state index contributed by atoms with van der Waals surface area (Å²) in [6, 6.07) is 6.01. The number of aromatic nitrogens is 2. The van der Waals surface area contributed by atoms with Crippen molar-refractivity contribution in [3.8, 4) is 0 Å². The molecule has 1 amide bonds. The molecule has 0 unspecified atom stereocenters. The molecular weight excluding hydrogens is 453 g/mol. The number of carbonyl (C=O) groups is 1. The summed E-state index contributed by atoms with van der Waals surface area (Å²) >= 11 is 11.5. The van der Waals surface area contributed by atoms with Crippen molar-refractivity contribution < 1.29 is 13.2 Å². The SMILES string of the molecule is CN1CCCN(S(=O)(=O)c2cccc(NC(=O)Cn3ncc(Cl)c(Cl)c3=O)c2)CC1. The number of hydrogen-bond donors (Lipinski definition) is 1. The van der Waals surface area contributed by atoms with Gasteiger partial charge in [-0.1, -0.05) is 29.3 Å². The molecule has 1 aliphatic rings. The fourth-order valence-corrected chi connectivity index (χ4v) is 4.83. The van der Waals surface area contributed by atoms with Crippen LogP contribution in [0.3, 0.4) is 0 Å². The van der Waals surface area contributed by atoms with Crippen LogP contribution in [0, 0.1) is 0 Å². The summed E-state index contributed by atoms with van der Waals surface area (Å²) in [5.41, 5.74) is -0.400. The van der Waals surface area contributed by atoms with E-state index in [0.717, 1.165) is 17.6 Å². The van der Waals surface area contributed by atoms with E-state index >= 15 is 0 Å². The number of halogens is 2. The van der Waals surface area contributed by atoms with E-state index in [1.165, 1.54) is 22.6 Å². The maximum Gasteiger partial charge on any atom is 0.287 e.